The van der Waals surface area contributed by atoms with Gasteiger partial charge < -0.3 is 16.0 Å². The minimum Gasteiger partial charge on any atom is -0.353 e. The van der Waals surface area contributed by atoms with Crippen LogP contribution < -0.4 is 16.0 Å². The predicted molar refractivity (Wildman–Crippen MR) is 92.1 cm³/mol. The van der Waals surface area contributed by atoms with Crippen molar-refractivity contribution in [2.45, 2.75) is 83.2 Å². The molecule has 2 fully saturated rings. The highest BCUT2D eigenvalue weighted by atomic mass is 16.2. The Balaban J connectivity index is 1.69. The maximum Gasteiger partial charge on any atom is 0.242 e. The van der Waals surface area contributed by atoms with E-state index in [1.54, 1.807) is 0 Å². The van der Waals surface area contributed by atoms with Crippen LogP contribution in [0.2, 0.25) is 0 Å². The summed E-state index contributed by atoms with van der Waals surface area (Å²) < 4.78 is 0. The normalized spacial score (nSPS) is 21.6. The molecule has 5 nitrogen and oxygen atoms in total. The Labute approximate surface area is 140 Å². The standard InChI is InChI=1S/C18H33N3O2/c1-14(22)21-17(15-8-6-7-9-15)18(23)20-13-12-19-16-10-4-2-3-5-11-16/h15-17,19H,2-13H2,1H3,(H,20,23)(H,21,22). The van der Waals surface area contributed by atoms with Crippen molar-refractivity contribution in [3.8, 4) is 0 Å². The molecule has 0 aliphatic heterocycles. The molecule has 3 N–H and O–H groups in total. The van der Waals surface area contributed by atoms with Gasteiger partial charge in [0.2, 0.25) is 11.8 Å². The minimum absolute atomic E-state index is 0.0187. The van der Waals surface area contributed by atoms with Crippen molar-refractivity contribution in [1.82, 2.24) is 16.0 Å². The molecule has 0 spiro atoms. The van der Waals surface area contributed by atoms with Gasteiger partial charge >= 0.3 is 0 Å². The van der Waals surface area contributed by atoms with Gasteiger partial charge in [-0.15, -0.1) is 0 Å². The molecule has 2 amide bonds. The van der Waals surface area contributed by atoms with Gasteiger partial charge in [-0.05, 0) is 31.6 Å². The quantitative estimate of drug-likeness (QED) is 0.496. The summed E-state index contributed by atoms with van der Waals surface area (Å²) in [6.45, 7) is 2.94. The van der Waals surface area contributed by atoms with E-state index in [-0.39, 0.29) is 17.9 Å². The zero-order valence-corrected chi connectivity index (χ0v) is 14.5. The van der Waals surface area contributed by atoms with Crippen molar-refractivity contribution in [2.75, 3.05) is 13.1 Å². The van der Waals surface area contributed by atoms with Crippen LogP contribution in [-0.4, -0.2) is 37.0 Å². The maximum atomic E-state index is 12.4. The summed E-state index contributed by atoms with van der Waals surface area (Å²) in [5.41, 5.74) is 0. The van der Waals surface area contributed by atoms with Crippen LogP contribution in [0.1, 0.15) is 71.1 Å². The zero-order valence-electron chi connectivity index (χ0n) is 14.5. The van der Waals surface area contributed by atoms with E-state index in [9.17, 15) is 9.59 Å². The molecule has 0 heterocycles. The Kier molecular flexibility index (Phi) is 7.86. The monoisotopic (exact) mass is 323 g/mol. The predicted octanol–water partition coefficient (Wildman–Crippen LogP) is 2.11. The van der Waals surface area contributed by atoms with Gasteiger partial charge in [0.1, 0.15) is 6.04 Å². The third-order valence-corrected chi connectivity index (χ3v) is 5.22. The molecule has 0 aromatic heterocycles. The molecule has 2 aliphatic carbocycles. The Morgan fingerprint density at radius 1 is 0.913 bits per heavy atom. The van der Waals surface area contributed by atoms with Gasteiger partial charge in [0.15, 0.2) is 0 Å². The van der Waals surface area contributed by atoms with Crippen molar-refractivity contribution in [3.05, 3.63) is 0 Å². The van der Waals surface area contributed by atoms with E-state index >= 15 is 0 Å². The fourth-order valence-electron chi connectivity index (χ4n) is 3.96. The summed E-state index contributed by atoms with van der Waals surface area (Å²) in [4.78, 5) is 23.8. The van der Waals surface area contributed by atoms with Gasteiger partial charge in [0, 0.05) is 26.1 Å². The first kappa shape index (κ1) is 18.2. The van der Waals surface area contributed by atoms with E-state index in [2.05, 4.69) is 16.0 Å². The van der Waals surface area contributed by atoms with Crippen molar-refractivity contribution in [1.29, 1.82) is 0 Å². The summed E-state index contributed by atoms with van der Waals surface area (Å²) in [6, 6.07) is 0.253. The molecule has 0 saturated heterocycles. The van der Waals surface area contributed by atoms with E-state index < -0.39 is 0 Å². The second kappa shape index (κ2) is 9.91. The topological polar surface area (TPSA) is 70.2 Å². The van der Waals surface area contributed by atoms with Gasteiger partial charge in [-0.2, -0.15) is 0 Å². The Morgan fingerprint density at radius 3 is 2.13 bits per heavy atom. The van der Waals surface area contributed by atoms with Gasteiger partial charge in [-0.1, -0.05) is 38.5 Å². The number of hydrogen-bond acceptors (Lipinski definition) is 3. The first-order valence-corrected chi connectivity index (χ1v) is 9.45. The van der Waals surface area contributed by atoms with Crippen molar-refractivity contribution in [2.24, 2.45) is 5.92 Å². The molecule has 1 atom stereocenters. The maximum absolute atomic E-state index is 12.4. The van der Waals surface area contributed by atoms with Crippen LogP contribution in [0.3, 0.4) is 0 Å². The molecule has 132 valence electrons. The highest BCUT2D eigenvalue weighted by Gasteiger charge is 2.31. The van der Waals surface area contributed by atoms with Crippen molar-refractivity contribution < 1.29 is 9.59 Å². The van der Waals surface area contributed by atoms with Gasteiger partial charge in [0.05, 0.1) is 0 Å². The first-order valence-electron chi connectivity index (χ1n) is 9.45. The summed E-state index contributed by atoms with van der Waals surface area (Å²) in [6.07, 6.45) is 12.3. The summed E-state index contributed by atoms with van der Waals surface area (Å²) >= 11 is 0. The lowest BCUT2D eigenvalue weighted by molar-refractivity contribution is -0.129. The van der Waals surface area contributed by atoms with Gasteiger partial charge in [0.25, 0.3) is 0 Å². The van der Waals surface area contributed by atoms with Crippen LogP contribution in [0.15, 0.2) is 0 Å². The van der Waals surface area contributed by atoms with Crippen LogP contribution in [-0.2, 0) is 9.59 Å². The van der Waals surface area contributed by atoms with Crippen LogP contribution in [0.4, 0.5) is 0 Å². The molecule has 0 radical (unpaired) electrons. The lowest BCUT2D eigenvalue weighted by atomic mass is 9.97. The number of carbonyl (C=O) groups excluding carboxylic acids is 2. The Bertz CT molecular complexity index is 372. The SMILES string of the molecule is CC(=O)NC(C(=O)NCCNC1CCCCCC1)C1CCCC1. The van der Waals surface area contributed by atoms with E-state index in [0.717, 1.165) is 32.2 Å². The fourth-order valence-corrected chi connectivity index (χ4v) is 3.96. The molecule has 2 aliphatic rings. The lowest BCUT2D eigenvalue weighted by Gasteiger charge is -2.23. The van der Waals surface area contributed by atoms with Gasteiger partial charge in [-0.25, -0.2) is 0 Å². The van der Waals surface area contributed by atoms with E-state index in [1.807, 2.05) is 0 Å². The number of nitrogens with one attached hydrogen (secondary N) is 3. The van der Waals surface area contributed by atoms with Crippen LogP contribution >= 0.6 is 0 Å². The van der Waals surface area contributed by atoms with E-state index in [4.69, 9.17) is 0 Å². The molecule has 0 aromatic carbocycles. The molecule has 2 saturated carbocycles. The molecule has 2 rings (SSSR count). The zero-order chi connectivity index (χ0) is 16.5. The van der Waals surface area contributed by atoms with Crippen LogP contribution in [0, 0.1) is 5.92 Å². The highest BCUT2D eigenvalue weighted by molar-refractivity contribution is 5.87. The second-order valence-electron chi connectivity index (χ2n) is 7.16. The van der Waals surface area contributed by atoms with Gasteiger partial charge in [-0.3, -0.25) is 9.59 Å². The molecule has 0 aromatic rings. The van der Waals surface area contributed by atoms with E-state index in [1.165, 1.54) is 45.4 Å². The molecule has 23 heavy (non-hydrogen) atoms. The molecular weight excluding hydrogens is 290 g/mol. The summed E-state index contributed by atoms with van der Waals surface area (Å²) in [5, 5.41) is 9.42. The average molecular weight is 323 g/mol. The number of carbonyl (C=O) groups is 2. The Hall–Kier alpha value is -1.10. The van der Waals surface area contributed by atoms with Crippen molar-refractivity contribution in [3.63, 3.8) is 0 Å². The highest BCUT2D eigenvalue weighted by Crippen LogP contribution is 2.27. The minimum atomic E-state index is -0.354. The number of hydrogen-bond donors (Lipinski definition) is 3. The molecule has 5 heteroatoms. The largest absolute Gasteiger partial charge is 0.353 e. The number of amides is 2. The first-order chi connectivity index (χ1) is 11.2. The number of rotatable bonds is 7. The second-order valence-corrected chi connectivity index (χ2v) is 7.16. The Morgan fingerprint density at radius 2 is 1.52 bits per heavy atom. The molecule has 1 unspecified atom stereocenters. The fraction of sp³-hybridized carbons (Fsp3) is 0.889. The molecular formula is C18H33N3O2. The third-order valence-electron chi connectivity index (χ3n) is 5.22. The average Bonchev–Trinajstić information content (AvgIpc) is 2.93. The summed E-state index contributed by atoms with van der Waals surface area (Å²) in [7, 11) is 0. The summed E-state index contributed by atoms with van der Waals surface area (Å²) in [5.74, 6) is 0.164. The third kappa shape index (κ3) is 6.50. The van der Waals surface area contributed by atoms with Crippen LogP contribution in [0.25, 0.3) is 0 Å². The van der Waals surface area contributed by atoms with E-state index in [0.29, 0.717) is 18.5 Å². The smallest absolute Gasteiger partial charge is 0.242 e. The molecule has 0 bridgehead atoms. The lowest BCUT2D eigenvalue weighted by Crippen LogP contribution is -2.51. The van der Waals surface area contributed by atoms with Crippen molar-refractivity contribution >= 4 is 11.8 Å². The van der Waals surface area contributed by atoms with Crippen LogP contribution in [0.5, 0.6) is 0 Å².